The lowest BCUT2D eigenvalue weighted by Crippen LogP contribution is -2.40. The van der Waals surface area contributed by atoms with Crippen LogP contribution in [0.4, 0.5) is 5.69 Å². The number of rotatable bonds is 3. The Hall–Kier alpha value is -2.18. The summed E-state index contributed by atoms with van der Waals surface area (Å²) < 4.78 is 5.99. The van der Waals surface area contributed by atoms with Gasteiger partial charge in [-0.1, -0.05) is 12.1 Å². The normalized spacial score (nSPS) is 14.3. The Morgan fingerprint density at radius 2 is 1.67 bits per heavy atom. The number of halogens is 1. The smallest absolute Gasteiger partial charge is 0.256 e. The quantitative estimate of drug-likeness (QED) is 0.878. The van der Waals surface area contributed by atoms with Crippen LogP contribution in [0.1, 0.15) is 20.7 Å². The molecule has 124 valence electrons. The molecule has 3 rings (SSSR count). The first-order valence-corrected chi connectivity index (χ1v) is 8.47. The molecule has 6 heteroatoms. The van der Waals surface area contributed by atoms with Crippen molar-refractivity contribution >= 4 is 33.4 Å². The number of nitrogens with zero attached hydrogens (tertiary/aromatic N) is 1. The Labute approximate surface area is 148 Å². The average molecular weight is 389 g/mol. The van der Waals surface area contributed by atoms with E-state index in [1.54, 1.807) is 35.2 Å². The van der Waals surface area contributed by atoms with Gasteiger partial charge in [-0.15, -0.1) is 0 Å². The number of morpholine rings is 1. The predicted octanol–water partition coefficient (Wildman–Crippen LogP) is 3.17. The van der Waals surface area contributed by atoms with Gasteiger partial charge < -0.3 is 15.0 Å². The zero-order valence-electron chi connectivity index (χ0n) is 13.0. The van der Waals surface area contributed by atoms with Gasteiger partial charge in [0.15, 0.2) is 0 Å². The van der Waals surface area contributed by atoms with Crippen LogP contribution in [0.2, 0.25) is 0 Å². The van der Waals surface area contributed by atoms with Crippen molar-refractivity contribution in [1.82, 2.24) is 4.90 Å². The van der Waals surface area contributed by atoms with E-state index in [1.165, 1.54) is 0 Å². The fourth-order valence-electron chi connectivity index (χ4n) is 2.49. The highest BCUT2D eigenvalue weighted by Gasteiger charge is 2.18. The summed E-state index contributed by atoms with van der Waals surface area (Å²) >= 11 is 3.36. The molecule has 1 heterocycles. The van der Waals surface area contributed by atoms with Gasteiger partial charge in [0, 0.05) is 28.8 Å². The molecule has 0 saturated carbocycles. The molecule has 0 bridgehead atoms. The molecule has 1 N–H and O–H groups in total. The number of ether oxygens (including phenoxy) is 1. The summed E-state index contributed by atoms with van der Waals surface area (Å²) in [6, 6.07) is 14.2. The average Bonchev–Trinajstić information content (AvgIpc) is 2.63. The first-order chi connectivity index (χ1) is 11.6. The molecule has 24 heavy (non-hydrogen) atoms. The molecule has 1 aliphatic rings. The molecule has 0 unspecified atom stereocenters. The number of hydrogen-bond acceptors (Lipinski definition) is 3. The number of amides is 2. The van der Waals surface area contributed by atoms with Crippen molar-refractivity contribution in [3.63, 3.8) is 0 Å². The van der Waals surface area contributed by atoms with Crippen LogP contribution in [0.3, 0.4) is 0 Å². The summed E-state index contributed by atoms with van der Waals surface area (Å²) in [5.74, 6) is -0.211. The van der Waals surface area contributed by atoms with Crippen LogP contribution in [0.5, 0.6) is 0 Å². The van der Waals surface area contributed by atoms with Crippen LogP contribution < -0.4 is 5.32 Å². The van der Waals surface area contributed by atoms with Crippen LogP contribution in [0.15, 0.2) is 53.0 Å². The maximum Gasteiger partial charge on any atom is 0.256 e. The van der Waals surface area contributed by atoms with Crippen molar-refractivity contribution in [2.75, 3.05) is 31.6 Å². The van der Waals surface area contributed by atoms with E-state index >= 15 is 0 Å². The molecule has 0 aliphatic carbocycles. The minimum absolute atomic E-state index is 0.0121. The van der Waals surface area contributed by atoms with Crippen molar-refractivity contribution in [2.24, 2.45) is 0 Å². The van der Waals surface area contributed by atoms with Gasteiger partial charge in [0.25, 0.3) is 11.8 Å². The fourth-order valence-corrected chi connectivity index (χ4v) is 2.95. The van der Waals surface area contributed by atoms with E-state index < -0.39 is 0 Å². The lowest BCUT2D eigenvalue weighted by atomic mass is 10.1. The number of nitrogens with one attached hydrogen (secondary N) is 1. The molecule has 5 nitrogen and oxygen atoms in total. The standard InChI is InChI=1S/C18H17BrN2O3/c19-16-4-2-1-3-15(16)17(22)20-14-7-5-13(6-8-14)18(23)21-9-11-24-12-10-21/h1-8H,9-12H2,(H,20,22). The summed E-state index contributed by atoms with van der Waals surface area (Å²) in [5.41, 5.74) is 1.82. The van der Waals surface area contributed by atoms with Crippen molar-refractivity contribution < 1.29 is 14.3 Å². The third kappa shape index (κ3) is 3.83. The first kappa shape index (κ1) is 16.7. The molecule has 1 aliphatic heterocycles. The number of hydrogen-bond donors (Lipinski definition) is 1. The molecule has 1 saturated heterocycles. The van der Waals surface area contributed by atoms with Gasteiger partial charge in [-0.2, -0.15) is 0 Å². The van der Waals surface area contributed by atoms with Gasteiger partial charge in [0.2, 0.25) is 0 Å². The first-order valence-electron chi connectivity index (χ1n) is 7.68. The van der Waals surface area contributed by atoms with Crippen LogP contribution in [0.25, 0.3) is 0 Å². The second-order valence-electron chi connectivity index (χ2n) is 5.42. The molecule has 0 atom stereocenters. The number of anilines is 1. The van der Waals surface area contributed by atoms with Gasteiger partial charge >= 0.3 is 0 Å². The van der Waals surface area contributed by atoms with E-state index in [0.717, 1.165) is 4.47 Å². The molecule has 2 amide bonds. The maximum atomic E-state index is 12.4. The summed E-state index contributed by atoms with van der Waals surface area (Å²) in [7, 11) is 0. The van der Waals surface area contributed by atoms with E-state index in [1.807, 2.05) is 18.2 Å². The maximum absolute atomic E-state index is 12.4. The molecular weight excluding hydrogens is 372 g/mol. The second kappa shape index (κ2) is 7.59. The number of carbonyl (C=O) groups is 2. The van der Waals surface area contributed by atoms with E-state index in [4.69, 9.17) is 4.74 Å². The Morgan fingerprint density at radius 1 is 1.00 bits per heavy atom. The van der Waals surface area contributed by atoms with Crippen molar-refractivity contribution in [2.45, 2.75) is 0 Å². The van der Waals surface area contributed by atoms with Gasteiger partial charge in [0.1, 0.15) is 0 Å². The van der Waals surface area contributed by atoms with E-state index in [0.29, 0.717) is 43.1 Å². The fraction of sp³-hybridized carbons (Fsp3) is 0.222. The van der Waals surface area contributed by atoms with Crippen molar-refractivity contribution in [1.29, 1.82) is 0 Å². The number of carbonyl (C=O) groups excluding carboxylic acids is 2. The molecule has 1 fully saturated rings. The zero-order valence-corrected chi connectivity index (χ0v) is 14.6. The molecule has 0 radical (unpaired) electrons. The molecule has 2 aromatic carbocycles. The van der Waals surface area contributed by atoms with Crippen LogP contribution in [0, 0.1) is 0 Å². The van der Waals surface area contributed by atoms with Gasteiger partial charge in [-0.3, -0.25) is 9.59 Å². The van der Waals surface area contributed by atoms with Crippen molar-refractivity contribution in [3.05, 3.63) is 64.1 Å². The predicted molar refractivity (Wildman–Crippen MR) is 95.3 cm³/mol. The molecular formula is C18H17BrN2O3. The Kier molecular flexibility index (Phi) is 5.27. The Morgan fingerprint density at radius 3 is 2.33 bits per heavy atom. The van der Waals surface area contributed by atoms with Crippen LogP contribution in [-0.2, 0) is 4.74 Å². The molecule has 0 aromatic heterocycles. The minimum Gasteiger partial charge on any atom is -0.378 e. The highest BCUT2D eigenvalue weighted by Crippen LogP contribution is 2.18. The van der Waals surface area contributed by atoms with Crippen molar-refractivity contribution in [3.8, 4) is 0 Å². The zero-order chi connectivity index (χ0) is 16.9. The van der Waals surface area contributed by atoms with Crippen LogP contribution >= 0.6 is 15.9 Å². The van der Waals surface area contributed by atoms with Gasteiger partial charge in [0.05, 0.1) is 18.8 Å². The van der Waals surface area contributed by atoms with E-state index in [9.17, 15) is 9.59 Å². The van der Waals surface area contributed by atoms with E-state index in [-0.39, 0.29) is 11.8 Å². The SMILES string of the molecule is O=C(Nc1ccc(C(=O)N2CCOCC2)cc1)c1ccccc1Br. The van der Waals surface area contributed by atoms with Gasteiger partial charge in [-0.05, 0) is 52.3 Å². The highest BCUT2D eigenvalue weighted by atomic mass is 79.9. The summed E-state index contributed by atoms with van der Waals surface area (Å²) in [4.78, 5) is 26.4. The lowest BCUT2D eigenvalue weighted by molar-refractivity contribution is 0.0303. The topological polar surface area (TPSA) is 58.6 Å². The molecule has 0 spiro atoms. The summed E-state index contributed by atoms with van der Waals surface area (Å²) in [5, 5.41) is 2.83. The lowest BCUT2D eigenvalue weighted by Gasteiger charge is -2.26. The third-order valence-electron chi connectivity index (χ3n) is 3.81. The largest absolute Gasteiger partial charge is 0.378 e. The molecule has 2 aromatic rings. The number of benzene rings is 2. The Balaban J connectivity index is 1.67. The summed E-state index contributed by atoms with van der Waals surface area (Å²) in [6.45, 7) is 2.37. The van der Waals surface area contributed by atoms with Crippen LogP contribution in [-0.4, -0.2) is 43.0 Å². The Bertz CT molecular complexity index is 740. The third-order valence-corrected chi connectivity index (χ3v) is 4.50. The van der Waals surface area contributed by atoms with Gasteiger partial charge in [-0.25, -0.2) is 0 Å². The highest BCUT2D eigenvalue weighted by molar-refractivity contribution is 9.10. The monoisotopic (exact) mass is 388 g/mol. The minimum atomic E-state index is -0.199. The summed E-state index contributed by atoms with van der Waals surface area (Å²) in [6.07, 6.45) is 0. The van der Waals surface area contributed by atoms with E-state index in [2.05, 4.69) is 21.2 Å². The second-order valence-corrected chi connectivity index (χ2v) is 6.27.